The zero-order chi connectivity index (χ0) is 22.8. The molecule has 0 bridgehead atoms. The number of carboxylic acids is 1. The van der Waals surface area contributed by atoms with E-state index in [1.807, 2.05) is 0 Å². The maximum absolute atomic E-state index is 12.8. The molecule has 3 nitrogen and oxygen atoms in total. The predicted octanol–water partition coefficient (Wildman–Crippen LogP) is 6.67. The van der Waals surface area contributed by atoms with Crippen LogP contribution >= 0.6 is 0 Å². The van der Waals surface area contributed by atoms with Gasteiger partial charge in [0.1, 0.15) is 5.75 Å². The van der Waals surface area contributed by atoms with Crippen LogP contribution in [0.15, 0.2) is 42.5 Å². The minimum absolute atomic E-state index is 0.190. The standard InChI is InChI=1S/C22H20F6O3/c23-21(24,25)12-31-18-10-15(14-4-6-17(7-5-14)22(26,27)28)9-16(11-18)19(20(29)30)8-13-2-1-3-13/h4-7,9-11,13,19H,1-3,8,12H2,(H,29,30). The number of rotatable bonds is 7. The quantitative estimate of drug-likeness (QED) is 0.483. The molecule has 0 radical (unpaired) electrons. The van der Waals surface area contributed by atoms with Gasteiger partial charge in [-0.1, -0.05) is 37.5 Å². The van der Waals surface area contributed by atoms with Crippen molar-refractivity contribution in [3.63, 3.8) is 0 Å². The van der Waals surface area contributed by atoms with Gasteiger partial charge in [-0.3, -0.25) is 4.79 Å². The molecule has 1 atom stereocenters. The molecule has 1 aliphatic rings. The summed E-state index contributed by atoms with van der Waals surface area (Å²) >= 11 is 0. The van der Waals surface area contributed by atoms with Crippen molar-refractivity contribution >= 4 is 5.97 Å². The monoisotopic (exact) mass is 446 g/mol. The second kappa shape index (κ2) is 8.80. The van der Waals surface area contributed by atoms with E-state index >= 15 is 0 Å². The predicted molar refractivity (Wildman–Crippen MR) is 101 cm³/mol. The first-order valence-corrected chi connectivity index (χ1v) is 9.67. The van der Waals surface area contributed by atoms with Gasteiger partial charge in [-0.05, 0) is 53.3 Å². The summed E-state index contributed by atoms with van der Waals surface area (Å²) in [6.07, 6.45) is -6.01. The van der Waals surface area contributed by atoms with Crippen molar-refractivity contribution in [1.29, 1.82) is 0 Å². The normalized spacial score (nSPS) is 15.9. The molecule has 2 aromatic rings. The Morgan fingerprint density at radius 3 is 2.13 bits per heavy atom. The Kier molecular flexibility index (Phi) is 6.52. The average Bonchev–Trinajstić information content (AvgIpc) is 2.64. The molecule has 1 saturated carbocycles. The summed E-state index contributed by atoms with van der Waals surface area (Å²) in [6, 6.07) is 8.12. The Bertz CT molecular complexity index is 914. The van der Waals surface area contributed by atoms with Crippen LogP contribution in [0.4, 0.5) is 26.3 Å². The number of carboxylic acid groups (broad SMARTS) is 1. The molecule has 9 heteroatoms. The minimum atomic E-state index is -4.59. The van der Waals surface area contributed by atoms with Crippen LogP contribution in [-0.4, -0.2) is 23.9 Å². The van der Waals surface area contributed by atoms with E-state index in [1.165, 1.54) is 30.3 Å². The van der Waals surface area contributed by atoms with E-state index < -0.39 is 36.4 Å². The van der Waals surface area contributed by atoms with Crippen molar-refractivity contribution in [3.8, 4) is 16.9 Å². The van der Waals surface area contributed by atoms with Crippen molar-refractivity contribution in [3.05, 3.63) is 53.6 Å². The number of alkyl halides is 6. The number of hydrogen-bond acceptors (Lipinski definition) is 2. The van der Waals surface area contributed by atoms with Crippen molar-refractivity contribution in [1.82, 2.24) is 0 Å². The van der Waals surface area contributed by atoms with E-state index in [1.54, 1.807) is 0 Å². The van der Waals surface area contributed by atoms with Gasteiger partial charge in [0, 0.05) is 0 Å². The van der Waals surface area contributed by atoms with Crippen LogP contribution in [0.3, 0.4) is 0 Å². The fraction of sp³-hybridized carbons (Fsp3) is 0.409. The Morgan fingerprint density at radius 1 is 1.00 bits per heavy atom. The van der Waals surface area contributed by atoms with E-state index in [0.717, 1.165) is 31.4 Å². The number of ether oxygens (including phenoxy) is 1. The van der Waals surface area contributed by atoms with Gasteiger partial charge in [-0.2, -0.15) is 26.3 Å². The number of hydrogen-bond donors (Lipinski definition) is 1. The van der Waals surface area contributed by atoms with E-state index in [0.29, 0.717) is 12.0 Å². The maximum Gasteiger partial charge on any atom is 0.422 e. The first kappa shape index (κ1) is 23.0. The zero-order valence-corrected chi connectivity index (χ0v) is 16.3. The second-order valence-electron chi connectivity index (χ2n) is 7.69. The Balaban J connectivity index is 1.98. The van der Waals surface area contributed by atoms with Gasteiger partial charge in [-0.15, -0.1) is 0 Å². The Hall–Kier alpha value is -2.71. The van der Waals surface area contributed by atoms with Crippen molar-refractivity contribution in [2.75, 3.05) is 6.61 Å². The van der Waals surface area contributed by atoms with Crippen LogP contribution in [0.1, 0.15) is 42.7 Å². The molecule has 0 spiro atoms. The van der Waals surface area contributed by atoms with E-state index in [2.05, 4.69) is 0 Å². The van der Waals surface area contributed by atoms with E-state index in [9.17, 15) is 36.2 Å². The number of benzene rings is 2. The molecule has 3 rings (SSSR count). The Morgan fingerprint density at radius 2 is 1.65 bits per heavy atom. The molecule has 0 aromatic heterocycles. The van der Waals surface area contributed by atoms with Crippen LogP contribution in [0.25, 0.3) is 11.1 Å². The highest BCUT2D eigenvalue weighted by atomic mass is 19.4. The minimum Gasteiger partial charge on any atom is -0.484 e. The van der Waals surface area contributed by atoms with E-state index in [-0.39, 0.29) is 22.8 Å². The molecule has 0 amide bonds. The van der Waals surface area contributed by atoms with Crippen LogP contribution in [0.2, 0.25) is 0 Å². The van der Waals surface area contributed by atoms with Crippen molar-refractivity contribution in [2.24, 2.45) is 5.92 Å². The van der Waals surface area contributed by atoms with Crippen LogP contribution in [0.5, 0.6) is 5.75 Å². The number of carbonyl (C=O) groups is 1. The molecule has 0 saturated heterocycles. The largest absolute Gasteiger partial charge is 0.484 e. The lowest BCUT2D eigenvalue weighted by Gasteiger charge is -2.28. The molecule has 168 valence electrons. The summed E-state index contributed by atoms with van der Waals surface area (Å²) < 4.78 is 81.1. The van der Waals surface area contributed by atoms with Gasteiger partial charge in [0.25, 0.3) is 0 Å². The van der Waals surface area contributed by atoms with Crippen LogP contribution in [0, 0.1) is 5.92 Å². The molecule has 1 fully saturated rings. The van der Waals surface area contributed by atoms with Gasteiger partial charge in [0.05, 0.1) is 11.5 Å². The smallest absolute Gasteiger partial charge is 0.422 e. The second-order valence-corrected chi connectivity index (χ2v) is 7.69. The fourth-order valence-corrected chi connectivity index (χ4v) is 3.53. The summed E-state index contributed by atoms with van der Waals surface area (Å²) in [7, 11) is 0. The highest BCUT2D eigenvalue weighted by molar-refractivity contribution is 5.78. The summed E-state index contributed by atoms with van der Waals surface area (Å²) in [5, 5.41) is 9.69. The lowest BCUT2D eigenvalue weighted by atomic mass is 9.77. The van der Waals surface area contributed by atoms with Gasteiger partial charge in [-0.25, -0.2) is 0 Å². The Labute approximate surface area is 174 Å². The molecule has 2 aromatic carbocycles. The molecule has 0 aliphatic heterocycles. The third-order valence-corrected chi connectivity index (χ3v) is 5.37. The third-order valence-electron chi connectivity index (χ3n) is 5.37. The molecule has 0 heterocycles. The highest BCUT2D eigenvalue weighted by Crippen LogP contribution is 2.39. The zero-order valence-electron chi connectivity index (χ0n) is 16.3. The van der Waals surface area contributed by atoms with Crippen LogP contribution in [-0.2, 0) is 11.0 Å². The van der Waals surface area contributed by atoms with Gasteiger partial charge in [0.15, 0.2) is 6.61 Å². The molecule has 1 aliphatic carbocycles. The molecule has 1 N–H and O–H groups in total. The summed E-state index contributed by atoms with van der Waals surface area (Å²) in [5.41, 5.74) is -0.0222. The number of halogens is 6. The topological polar surface area (TPSA) is 46.5 Å². The molecular weight excluding hydrogens is 426 g/mol. The fourth-order valence-electron chi connectivity index (χ4n) is 3.53. The SMILES string of the molecule is O=C(O)C(CC1CCC1)c1cc(OCC(F)(F)F)cc(-c2ccc(C(F)(F)F)cc2)c1. The lowest BCUT2D eigenvalue weighted by molar-refractivity contribution is -0.153. The summed E-state index contributed by atoms with van der Waals surface area (Å²) in [4.78, 5) is 11.9. The molecular formula is C22H20F6O3. The van der Waals surface area contributed by atoms with Crippen molar-refractivity contribution < 1.29 is 41.0 Å². The van der Waals surface area contributed by atoms with Gasteiger partial charge >= 0.3 is 18.3 Å². The lowest BCUT2D eigenvalue weighted by Crippen LogP contribution is -2.21. The molecule has 31 heavy (non-hydrogen) atoms. The molecule has 1 unspecified atom stereocenters. The average molecular weight is 446 g/mol. The summed E-state index contributed by atoms with van der Waals surface area (Å²) in [5.74, 6) is -2.04. The summed E-state index contributed by atoms with van der Waals surface area (Å²) in [6.45, 7) is -1.57. The third kappa shape index (κ3) is 6.15. The van der Waals surface area contributed by atoms with E-state index in [4.69, 9.17) is 4.74 Å². The van der Waals surface area contributed by atoms with Crippen molar-refractivity contribution in [2.45, 2.75) is 44.0 Å². The highest BCUT2D eigenvalue weighted by Gasteiger charge is 2.32. The first-order valence-electron chi connectivity index (χ1n) is 9.67. The van der Waals surface area contributed by atoms with Gasteiger partial charge < -0.3 is 9.84 Å². The van der Waals surface area contributed by atoms with Gasteiger partial charge in [0.2, 0.25) is 0 Å². The number of aliphatic carboxylic acids is 1. The van der Waals surface area contributed by atoms with Crippen LogP contribution < -0.4 is 4.74 Å². The first-order chi connectivity index (χ1) is 14.4. The maximum atomic E-state index is 12.8.